The maximum atomic E-state index is 3.68. The molecule has 1 nitrogen and oxygen atoms in total. The van der Waals surface area contributed by atoms with Gasteiger partial charge < -0.3 is 5.32 Å². The Labute approximate surface area is 89.7 Å². The Morgan fingerprint density at radius 1 is 1.21 bits per heavy atom. The van der Waals surface area contributed by atoms with Gasteiger partial charge in [0.05, 0.1) is 0 Å². The van der Waals surface area contributed by atoms with E-state index in [1.54, 1.807) is 0 Å². The van der Waals surface area contributed by atoms with E-state index >= 15 is 0 Å². The molecule has 1 heteroatoms. The maximum absolute atomic E-state index is 3.68. The van der Waals surface area contributed by atoms with Gasteiger partial charge in [-0.1, -0.05) is 33.6 Å². The van der Waals surface area contributed by atoms with E-state index in [0.29, 0.717) is 5.41 Å². The second kappa shape index (κ2) is 5.16. The molecule has 0 heterocycles. The van der Waals surface area contributed by atoms with Crippen LogP contribution >= 0.6 is 0 Å². The molecule has 1 N–H and O–H groups in total. The van der Waals surface area contributed by atoms with Crippen molar-refractivity contribution in [3.63, 3.8) is 0 Å². The van der Waals surface area contributed by atoms with Crippen LogP contribution in [-0.4, -0.2) is 12.6 Å². The van der Waals surface area contributed by atoms with Crippen LogP contribution in [0.3, 0.4) is 0 Å². The summed E-state index contributed by atoms with van der Waals surface area (Å²) in [5.41, 5.74) is 0.475. The molecule has 0 radical (unpaired) electrons. The molecule has 1 aliphatic rings. The fourth-order valence-corrected chi connectivity index (χ4v) is 2.30. The number of nitrogens with one attached hydrogen (secondary N) is 1. The fraction of sp³-hybridized carbons (Fsp3) is 1.00. The van der Waals surface area contributed by atoms with Crippen molar-refractivity contribution in [1.82, 2.24) is 5.32 Å². The first-order valence-corrected chi connectivity index (χ1v) is 6.22. The Morgan fingerprint density at radius 2 is 1.79 bits per heavy atom. The third-order valence-corrected chi connectivity index (χ3v) is 3.45. The third kappa shape index (κ3) is 4.45. The molecule has 1 atom stereocenters. The lowest BCUT2D eigenvalue weighted by Gasteiger charge is -2.23. The lowest BCUT2D eigenvalue weighted by atomic mass is 9.92. The van der Waals surface area contributed by atoms with Gasteiger partial charge in [-0.15, -0.1) is 0 Å². The van der Waals surface area contributed by atoms with E-state index in [9.17, 15) is 0 Å². The molecule has 1 saturated carbocycles. The van der Waals surface area contributed by atoms with E-state index in [2.05, 4.69) is 33.0 Å². The van der Waals surface area contributed by atoms with Crippen LogP contribution in [-0.2, 0) is 0 Å². The van der Waals surface area contributed by atoms with E-state index < -0.39 is 0 Å². The van der Waals surface area contributed by atoms with Gasteiger partial charge in [-0.3, -0.25) is 0 Å². The highest BCUT2D eigenvalue weighted by atomic mass is 14.9. The molecule has 0 spiro atoms. The predicted octanol–water partition coefficient (Wildman–Crippen LogP) is 3.59. The molecular formula is C13H27N. The smallest absolute Gasteiger partial charge is 0.00670 e. The van der Waals surface area contributed by atoms with Crippen LogP contribution in [0.1, 0.15) is 59.8 Å². The monoisotopic (exact) mass is 197 g/mol. The predicted molar refractivity (Wildman–Crippen MR) is 63.5 cm³/mol. The average molecular weight is 197 g/mol. The minimum atomic E-state index is 0.475. The van der Waals surface area contributed by atoms with Crippen molar-refractivity contribution in [2.24, 2.45) is 11.3 Å². The number of hydrogen-bond donors (Lipinski definition) is 1. The van der Waals surface area contributed by atoms with Crippen molar-refractivity contribution in [1.29, 1.82) is 0 Å². The largest absolute Gasteiger partial charge is 0.314 e. The van der Waals surface area contributed by atoms with Crippen LogP contribution in [0.2, 0.25) is 0 Å². The van der Waals surface area contributed by atoms with Crippen LogP contribution in [0.15, 0.2) is 0 Å². The number of rotatable bonds is 4. The summed E-state index contributed by atoms with van der Waals surface area (Å²) in [4.78, 5) is 0. The van der Waals surface area contributed by atoms with Crippen molar-refractivity contribution >= 4 is 0 Å². The van der Waals surface area contributed by atoms with Gasteiger partial charge in [0.25, 0.3) is 0 Å². The van der Waals surface area contributed by atoms with Gasteiger partial charge >= 0.3 is 0 Å². The van der Waals surface area contributed by atoms with Gasteiger partial charge in [0.2, 0.25) is 0 Å². The van der Waals surface area contributed by atoms with Gasteiger partial charge in [0, 0.05) is 6.04 Å². The molecule has 1 fully saturated rings. The number of hydrogen-bond acceptors (Lipinski definition) is 1. The summed E-state index contributed by atoms with van der Waals surface area (Å²) >= 11 is 0. The van der Waals surface area contributed by atoms with Gasteiger partial charge in [-0.05, 0) is 44.1 Å². The molecule has 0 amide bonds. The zero-order valence-corrected chi connectivity index (χ0v) is 10.4. The Morgan fingerprint density at radius 3 is 2.29 bits per heavy atom. The summed E-state index contributed by atoms with van der Waals surface area (Å²) in [6, 6.07) is 0.736. The second-order valence-electron chi connectivity index (χ2n) is 6.10. The zero-order chi connectivity index (χ0) is 10.6. The molecule has 1 unspecified atom stereocenters. The normalized spacial score (nSPS) is 21.4. The first-order valence-electron chi connectivity index (χ1n) is 6.22. The Bertz CT molecular complexity index is 151. The van der Waals surface area contributed by atoms with Crippen molar-refractivity contribution < 1.29 is 0 Å². The summed E-state index contributed by atoms with van der Waals surface area (Å²) in [6.07, 6.45) is 7.09. The highest BCUT2D eigenvalue weighted by Gasteiger charge is 2.21. The molecule has 0 aromatic heterocycles. The van der Waals surface area contributed by atoms with E-state index in [1.165, 1.54) is 38.6 Å². The van der Waals surface area contributed by atoms with Crippen molar-refractivity contribution in [3.05, 3.63) is 0 Å². The van der Waals surface area contributed by atoms with Gasteiger partial charge in [-0.25, -0.2) is 0 Å². The highest BCUT2D eigenvalue weighted by molar-refractivity contribution is 4.77. The van der Waals surface area contributed by atoms with Crippen molar-refractivity contribution in [3.8, 4) is 0 Å². The molecule has 0 aliphatic heterocycles. The van der Waals surface area contributed by atoms with E-state index in [-0.39, 0.29) is 0 Å². The summed E-state index contributed by atoms with van der Waals surface area (Å²) in [5, 5.41) is 3.68. The third-order valence-electron chi connectivity index (χ3n) is 3.45. The van der Waals surface area contributed by atoms with Crippen molar-refractivity contribution in [2.75, 3.05) is 6.54 Å². The fourth-order valence-electron chi connectivity index (χ4n) is 2.30. The van der Waals surface area contributed by atoms with Crippen LogP contribution in [0, 0.1) is 11.3 Å². The molecule has 0 bridgehead atoms. The summed E-state index contributed by atoms with van der Waals surface area (Å²) < 4.78 is 0. The molecule has 84 valence electrons. The maximum Gasteiger partial charge on any atom is 0.00670 e. The van der Waals surface area contributed by atoms with E-state index in [0.717, 1.165) is 12.0 Å². The van der Waals surface area contributed by atoms with E-state index in [1.807, 2.05) is 0 Å². The minimum absolute atomic E-state index is 0.475. The van der Waals surface area contributed by atoms with Crippen molar-refractivity contribution in [2.45, 2.75) is 65.8 Å². The molecular weight excluding hydrogens is 170 g/mol. The first-order chi connectivity index (χ1) is 6.49. The molecule has 0 aromatic carbocycles. The molecule has 0 saturated heterocycles. The summed E-state index contributed by atoms with van der Waals surface area (Å²) in [5.74, 6) is 0.954. The Kier molecular flexibility index (Phi) is 4.43. The second-order valence-corrected chi connectivity index (χ2v) is 6.10. The van der Waals surface area contributed by atoms with Gasteiger partial charge in [0.1, 0.15) is 0 Å². The molecule has 14 heavy (non-hydrogen) atoms. The summed E-state index contributed by atoms with van der Waals surface area (Å²) in [6.45, 7) is 10.5. The SMILES string of the molecule is CC(NCCC(C)(C)C)C1CCCC1. The Balaban J connectivity index is 2.11. The topological polar surface area (TPSA) is 12.0 Å². The quantitative estimate of drug-likeness (QED) is 0.726. The minimum Gasteiger partial charge on any atom is -0.314 e. The van der Waals surface area contributed by atoms with Crippen LogP contribution in [0.4, 0.5) is 0 Å². The van der Waals surface area contributed by atoms with Gasteiger partial charge in [0.15, 0.2) is 0 Å². The first kappa shape index (κ1) is 12.0. The molecule has 1 rings (SSSR count). The lowest BCUT2D eigenvalue weighted by molar-refractivity contribution is 0.325. The average Bonchev–Trinajstić information content (AvgIpc) is 2.53. The molecule has 0 aromatic rings. The van der Waals surface area contributed by atoms with E-state index in [4.69, 9.17) is 0 Å². The standard InChI is InChI=1S/C13H27N/c1-11(12-7-5-6-8-12)14-10-9-13(2,3)4/h11-12,14H,5-10H2,1-4H3. The lowest BCUT2D eigenvalue weighted by Crippen LogP contribution is -2.34. The van der Waals surface area contributed by atoms with Crippen LogP contribution in [0.25, 0.3) is 0 Å². The Hall–Kier alpha value is -0.0400. The van der Waals surface area contributed by atoms with Crippen LogP contribution < -0.4 is 5.32 Å². The van der Waals surface area contributed by atoms with Crippen LogP contribution in [0.5, 0.6) is 0 Å². The summed E-state index contributed by atoms with van der Waals surface area (Å²) in [7, 11) is 0. The zero-order valence-electron chi connectivity index (χ0n) is 10.4. The highest BCUT2D eigenvalue weighted by Crippen LogP contribution is 2.27. The van der Waals surface area contributed by atoms with Gasteiger partial charge in [-0.2, -0.15) is 0 Å². The molecule has 1 aliphatic carbocycles.